The van der Waals surface area contributed by atoms with Crippen molar-refractivity contribution in [2.75, 3.05) is 6.54 Å². The van der Waals surface area contributed by atoms with Gasteiger partial charge in [-0.05, 0) is 40.2 Å². The zero-order valence-electron chi connectivity index (χ0n) is 8.44. The molecule has 1 rings (SSSR count). The summed E-state index contributed by atoms with van der Waals surface area (Å²) in [5, 5.41) is 10.0. The number of nitrogens with zero attached hydrogens (tertiary/aromatic N) is 1. The van der Waals surface area contributed by atoms with Crippen LogP contribution in [-0.2, 0) is 10.0 Å². The van der Waals surface area contributed by atoms with E-state index in [1.807, 2.05) is 6.07 Å². The van der Waals surface area contributed by atoms with Crippen LogP contribution in [-0.4, -0.2) is 15.0 Å². The molecule has 16 heavy (non-hydrogen) atoms. The lowest BCUT2D eigenvalue weighted by Gasteiger charge is -2.04. The highest BCUT2D eigenvalue weighted by molar-refractivity contribution is 9.10. The van der Waals surface area contributed by atoms with Crippen LogP contribution < -0.4 is 4.72 Å². The normalized spacial score (nSPS) is 11.2. The second-order valence-electron chi connectivity index (χ2n) is 3.07. The molecule has 0 spiro atoms. The molecule has 88 valence electrons. The van der Waals surface area contributed by atoms with Gasteiger partial charge in [-0.25, -0.2) is 13.1 Å². The first-order chi connectivity index (χ1) is 7.58. The Bertz CT molecular complexity index is 476. The SMILES string of the molecule is N#CCCCCNS(=O)(=O)c1sccc1Br. The monoisotopic (exact) mass is 322 g/mol. The fourth-order valence-electron chi connectivity index (χ4n) is 1.07. The Balaban J connectivity index is 2.48. The van der Waals surface area contributed by atoms with Crippen molar-refractivity contribution < 1.29 is 8.42 Å². The van der Waals surface area contributed by atoms with Crippen LogP contribution in [0.1, 0.15) is 19.3 Å². The topological polar surface area (TPSA) is 70.0 Å². The molecule has 1 N–H and O–H groups in total. The zero-order valence-corrected chi connectivity index (χ0v) is 11.7. The van der Waals surface area contributed by atoms with Gasteiger partial charge in [0.25, 0.3) is 10.0 Å². The van der Waals surface area contributed by atoms with Crippen LogP contribution in [0.2, 0.25) is 0 Å². The summed E-state index contributed by atoms with van der Waals surface area (Å²) >= 11 is 4.36. The van der Waals surface area contributed by atoms with E-state index in [1.165, 1.54) is 11.3 Å². The van der Waals surface area contributed by atoms with Gasteiger partial charge >= 0.3 is 0 Å². The molecular weight excluding hydrogens is 312 g/mol. The summed E-state index contributed by atoms with van der Waals surface area (Å²) in [6, 6.07) is 3.72. The number of nitriles is 1. The summed E-state index contributed by atoms with van der Waals surface area (Å²) < 4.78 is 26.9. The number of rotatable bonds is 6. The molecule has 0 atom stereocenters. The lowest BCUT2D eigenvalue weighted by molar-refractivity contribution is 0.579. The average Bonchev–Trinajstić information content (AvgIpc) is 2.65. The van der Waals surface area contributed by atoms with Crippen molar-refractivity contribution in [2.45, 2.75) is 23.5 Å². The van der Waals surface area contributed by atoms with E-state index in [0.717, 1.165) is 0 Å². The molecule has 1 aromatic heterocycles. The number of hydrogen-bond acceptors (Lipinski definition) is 4. The van der Waals surface area contributed by atoms with E-state index in [0.29, 0.717) is 34.5 Å². The molecule has 0 fully saturated rings. The Hall–Kier alpha value is -0.420. The molecule has 0 unspecified atom stereocenters. The molecule has 7 heteroatoms. The molecule has 4 nitrogen and oxygen atoms in total. The van der Waals surface area contributed by atoms with Crippen LogP contribution in [0.25, 0.3) is 0 Å². The summed E-state index contributed by atoms with van der Waals surface area (Å²) in [5.41, 5.74) is 0. The number of unbranched alkanes of at least 4 members (excludes halogenated alkanes) is 2. The predicted molar refractivity (Wildman–Crippen MR) is 66.7 cm³/mol. The van der Waals surface area contributed by atoms with Crippen molar-refractivity contribution in [3.05, 3.63) is 15.9 Å². The van der Waals surface area contributed by atoms with Gasteiger partial charge in [0.2, 0.25) is 0 Å². The van der Waals surface area contributed by atoms with E-state index in [4.69, 9.17) is 5.26 Å². The van der Waals surface area contributed by atoms with Crippen molar-refractivity contribution in [3.63, 3.8) is 0 Å². The number of hydrogen-bond donors (Lipinski definition) is 1. The maximum Gasteiger partial charge on any atom is 0.251 e. The van der Waals surface area contributed by atoms with Gasteiger partial charge < -0.3 is 0 Å². The Morgan fingerprint density at radius 2 is 2.25 bits per heavy atom. The van der Waals surface area contributed by atoms with Gasteiger partial charge in [0.1, 0.15) is 4.21 Å². The Kier molecular flexibility index (Phi) is 5.41. The smallest absolute Gasteiger partial charge is 0.210 e. The molecule has 0 aliphatic heterocycles. The van der Waals surface area contributed by atoms with Crippen LogP contribution in [0.15, 0.2) is 20.1 Å². The molecule has 0 saturated heterocycles. The first-order valence-electron chi connectivity index (χ1n) is 4.67. The Morgan fingerprint density at radius 1 is 1.50 bits per heavy atom. The lowest BCUT2D eigenvalue weighted by atomic mass is 10.2. The molecule has 1 aromatic rings. The summed E-state index contributed by atoms with van der Waals surface area (Å²) in [6.45, 7) is 0.369. The quantitative estimate of drug-likeness (QED) is 0.818. The van der Waals surface area contributed by atoms with E-state index in [9.17, 15) is 8.42 Å². The first kappa shape index (κ1) is 13.6. The highest BCUT2D eigenvalue weighted by Gasteiger charge is 2.17. The second kappa shape index (κ2) is 6.35. The molecule has 0 saturated carbocycles. The molecule has 0 radical (unpaired) electrons. The number of halogens is 1. The highest BCUT2D eigenvalue weighted by atomic mass is 79.9. The molecule has 0 bridgehead atoms. The minimum atomic E-state index is -3.40. The van der Waals surface area contributed by atoms with Crippen molar-refractivity contribution in [1.29, 1.82) is 5.26 Å². The van der Waals surface area contributed by atoms with Crippen LogP contribution in [0.4, 0.5) is 0 Å². The van der Waals surface area contributed by atoms with E-state index in [-0.39, 0.29) is 0 Å². The second-order valence-corrected chi connectivity index (χ2v) is 6.80. The fourth-order valence-corrected chi connectivity index (χ4v) is 4.53. The first-order valence-corrected chi connectivity index (χ1v) is 7.83. The van der Waals surface area contributed by atoms with E-state index >= 15 is 0 Å². The molecular formula is C9H11BrN2O2S2. The maximum atomic E-state index is 11.8. The van der Waals surface area contributed by atoms with Gasteiger partial charge in [0, 0.05) is 17.4 Å². The van der Waals surface area contributed by atoms with Gasteiger partial charge in [0.15, 0.2) is 0 Å². The Morgan fingerprint density at radius 3 is 2.81 bits per heavy atom. The van der Waals surface area contributed by atoms with E-state index in [1.54, 1.807) is 11.4 Å². The third-order valence-electron chi connectivity index (χ3n) is 1.84. The number of nitrogens with one attached hydrogen (secondary N) is 1. The van der Waals surface area contributed by atoms with Crippen molar-refractivity contribution in [2.24, 2.45) is 0 Å². The maximum absolute atomic E-state index is 11.8. The third kappa shape index (κ3) is 3.87. The van der Waals surface area contributed by atoms with Crippen LogP contribution in [0, 0.1) is 11.3 Å². The minimum absolute atomic E-state index is 0.299. The molecule has 1 heterocycles. The van der Waals surface area contributed by atoms with Crippen molar-refractivity contribution >= 4 is 37.3 Å². The van der Waals surface area contributed by atoms with Crippen molar-refractivity contribution in [3.8, 4) is 6.07 Å². The predicted octanol–water partition coefficient (Wildman–Crippen LogP) is 2.48. The summed E-state index contributed by atoms with van der Waals surface area (Å²) in [7, 11) is -3.40. The molecule has 0 aliphatic carbocycles. The molecule has 0 amide bonds. The van der Waals surface area contributed by atoms with Crippen LogP contribution in [0.5, 0.6) is 0 Å². The number of sulfonamides is 1. The molecule has 0 aromatic carbocycles. The minimum Gasteiger partial charge on any atom is -0.210 e. The van der Waals surface area contributed by atoms with Crippen molar-refractivity contribution in [1.82, 2.24) is 4.72 Å². The lowest BCUT2D eigenvalue weighted by Crippen LogP contribution is -2.24. The summed E-state index contributed by atoms with van der Waals surface area (Å²) in [6.07, 6.45) is 1.85. The fraction of sp³-hybridized carbons (Fsp3) is 0.444. The highest BCUT2D eigenvalue weighted by Crippen LogP contribution is 2.27. The van der Waals surface area contributed by atoms with Crippen LogP contribution >= 0.6 is 27.3 Å². The van der Waals surface area contributed by atoms with Gasteiger partial charge in [-0.15, -0.1) is 11.3 Å². The van der Waals surface area contributed by atoms with E-state index in [2.05, 4.69) is 20.7 Å². The standard InChI is InChI=1S/C9H11BrN2O2S2/c10-8-4-7-15-9(8)16(13,14)12-6-3-1-2-5-11/h4,7,12H,1-3,6H2. The summed E-state index contributed by atoms with van der Waals surface area (Å²) in [5.74, 6) is 0. The van der Waals surface area contributed by atoms with Gasteiger partial charge in [-0.3, -0.25) is 0 Å². The van der Waals surface area contributed by atoms with Gasteiger partial charge in [0.05, 0.1) is 6.07 Å². The van der Waals surface area contributed by atoms with Gasteiger partial charge in [-0.2, -0.15) is 5.26 Å². The number of thiophene rings is 1. The molecule has 0 aliphatic rings. The average molecular weight is 323 g/mol. The van der Waals surface area contributed by atoms with E-state index < -0.39 is 10.0 Å². The van der Waals surface area contributed by atoms with Crippen LogP contribution in [0.3, 0.4) is 0 Å². The third-order valence-corrected chi connectivity index (χ3v) is 5.97. The summed E-state index contributed by atoms with van der Waals surface area (Å²) in [4.78, 5) is 0. The zero-order chi connectivity index (χ0) is 12.0. The van der Waals surface area contributed by atoms with Gasteiger partial charge in [-0.1, -0.05) is 0 Å². The Labute approximate surface area is 107 Å². The largest absolute Gasteiger partial charge is 0.251 e.